The van der Waals surface area contributed by atoms with Crippen molar-refractivity contribution in [1.29, 1.82) is 0 Å². The van der Waals surface area contributed by atoms with E-state index in [0.29, 0.717) is 39.2 Å². The number of ether oxygens (including phenoxy) is 1. The average molecular weight is 347 g/mol. The number of nitrogens with zero attached hydrogens (tertiary/aromatic N) is 2. The molecule has 0 spiro atoms. The van der Waals surface area contributed by atoms with Crippen molar-refractivity contribution in [2.75, 3.05) is 32.8 Å². The minimum Gasteiger partial charge on any atom is -0.493 e. The van der Waals surface area contributed by atoms with Gasteiger partial charge in [-0.05, 0) is 38.8 Å². The van der Waals surface area contributed by atoms with E-state index in [2.05, 4.69) is 5.32 Å². The van der Waals surface area contributed by atoms with Gasteiger partial charge in [0.15, 0.2) is 0 Å². The van der Waals surface area contributed by atoms with E-state index < -0.39 is 0 Å². The van der Waals surface area contributed by atoms with Crippen molar-refractivity contribution in [1.82, 2.24) is 15.1 Å². The van der Waals surface area contributed by atoms with Gasteiger partial charge in [0.2, 0.25) is 5.91 Å². The number of piperidine rings is 1. The largest absolute Gasteiger partial charge is 0.493 e. The summed E-state index contributed by atoms with van der Waals surface area (Å²) in [5, 5.41) is 3.07. The number of hydrogen-bond acceptors (Lipinski definition) is 3. The highest BCUT2D eigenvalue weighted by molar-refractivity contribution is 5.76. The highest BCUT2D eigenvalue weighted by atomic mass is 16.5. The standard InChI is InChI=1S/C19H29N3O3/c1-3-21(4-2)19(24)20-16-10-13-22(14-11-16)18(23)12-15-25-17-8-6-5-7-9-17/h5-9,16H,3-4,10-15H2,1-2H3,(H,20,24). The Labute approximate surface area is 150 Å². The Morgan fingerprint density at radius 2 is 1.80 bits per heavy atom. The number of carbonyl (C=O) groups is 2. The molecular weight excluding hydrogens is 318 g/mol. The normalized spacial score (nSPS) is 14.9. The summed E-state index contributed by atoms with van der Waals surface area (Å²) in [7, 11) is 0. The van der Waals surface area contributed by atoms with Crippen LogP contribution in [0.5, 0.6) is 5.75 Å². The molecule has 1 aromatic carbocycles. The van der Waals surface area contributed by atoms with Crippen LogP contribution in [-0.2, 0) is 4.79 Å². The molecule has 0 bridgehead atoms. The van der Waals surface area contributed by atoms with Crippen molar-refractivity contribution in [2.45, 2.75) is 39.2 Å². The van der Waals surface area contributed by atoms with Gasteiger partial charge in [-0.25, -0.2) is 4.79 Å². The Kier molecular flexibility index (Phi) is 7.57. The van der Waals surface area contributed by atoms with E-state index in [0.717, 1.165) is 18.6 Å². The number of benzene rings is 1. The van der Waals surface area contributed by atoms with Crippen molar-refractivity contribution in [3.8, 4) is 5.75 Å². The monoisotopic (exact) mass is 347 g/mol. The molecule has 1 heterocycles. The van der Waals surface area contributed by atoms with Crippen LogP contribution in [0.3, 0.4) is 0 Å². The van der Waals surface area contributed by atoms with Crippen LogP contribution in [0.15, 0.2) is 30.3 Å². The molecule has 6 heteroatoms. The van der Waals surface area contributed by atoms with Gasteiger partial charge in [0.25, 0.3) is 0 Å². The highest BCUT2D eigenvalue weighted by Gasteiger charge is 2.24. The first-order valence-electron chi connectivity index (χ1n) is 9.15. The summed E-state index contributed by atoms with van der Waals surface area (Å²) in [6, 6.07) is 9.66. The van der Waals surface area contributed by atoms with Crippen LogP contribution in [0.25, 0.3) is 0 Å². The van der Waals surface area contributed by atoms with Crippen LogP contribution < -0.4 is 10.1 Å². The molecule has 0 unspecified atom stereocenters. The Bertz CT molecular complexity index is 538. The zero-order valence-electron chi connectivity index (χ0n) is 15.2. The first-order chi connectivity index (χ1) is 12.1. The lowest BCUT2D eigenvalue weighted by Gasteiger charge is -2.33. The number of amides is 3. The highest BCUT2D eigenvalue weighted by Crippen LogP contribution is 2.13. The number of rotatable bonds is 7. The minimum atomic E-state index is -0.00830. The fourth-order valence-corrected chi connectivity index (χ4v) is 2.98. The number of likely N-dealkylation sites (tertiary alicyclic amines) is 1. The fraction of sp³-hybridized carbons (Fsp3) is 0.579. The Balaban J connectivity index is 1.67. The Morgan fingerprint density at radius 3 is 2.40 bits per heavy atom. The fourth-order valence-electron chi connectivity index (χ4n) is 2.98. The molecule has 1 saturated heterocycles. The molecule has 0 aliphatic carbocycles. The van der Waals surface area contributed by atoms with Crippen molar-refractivity contribution in [3.63, 3.8) is 0 Å². The molecule has 1 fully saturated rings. The maximum absolute atomic E-state index is 12.3. The molecule has 6 nitrogen and oxygen atoms in total. The van der Waals surface area contributed by atoms with Crippen molar-refractivity contribution < 1.29 is 14.3 Å². The Hall–Kier alpha value is -2.24. The smallest absolute Gasteiger partial charge is 0.317 e. The number of carbonyl (C=O) groups excluding carboxylic acids is 2. The van der Waals surface area contributed by atoms with E-state index >= 15 is 0 Å². The van der Waals surface area contributed by atoms with E-state index in [1.54, 1.807) is 4.90 Å². The molecule has 0 atom stereocenters. The van der Waals surface area contributed by atoms with E-state index in [4.69, 9.17) is 4.74 Å². The Morgan fingerprint density at radius 1 is 1.16 bits per heavy atom. The number of hydrogen-bond donors (Lipinski definition) is 1. The molecule has 1 aliphatic heterocycles. The molecule has 0 aromatic heterocycles. The van der Waals surface area contributed by atoms with Crippen molar-refractivity contribution in [2.24, 2.45) is 0 Å². The summed E-state index contributed by atoms with van der Waals surface area (Å²) in [5.41, 5.74) is 0. The summed E-state index contributed by atoms with van der Waals surface area (Å²) in [5.74, 6) is 0.901. The summed E-state index contributed by atoms with van der Waals surface area (Å²) < 4.78 is 5.58. The predicted molar refractivity (Wildman–Crippen MR) is 97.6 cm³/mol. The van der Waals surface area contributed by atoms with Crippen molar-refractivity contribution >= 4 is 11.9 Å². The van der Waals surface area contributed by atoms with Gasteiger partial charge in [-0.1, -0.05) is 18.2 Å². The predicted octanol–water partition coefficient (Wildman–Crippen LogP) is 2.50. The summed E-state index contributed by atoms with van der Waals surface area (Å²) >= 11 is 0. The summed E-state index contributed by atoms with van der Waals surface area (Å²) in [6.07, 6.45) is 1.99. The summed E-state index contributed by atoms with van der Waals surface area (Å²) in [6.45, 7) is 7.13. The van der Waals surface area contributed by atoms with Crippen LogP contribution in [0.1, 0.15) is 33.1 Å². The van der Waals surface area contributed by atoms with Crippen LogP contribution in [0.2, 0.25) is 0 Å². The van der Waals surface area contributed by atoms with Crippen LogP contribution in [0, 0.1) is 0 Å². The van der Waals surface area contributed by atoms with E-state index in [-0.39, 0.29) is 18.0 Å². The van der Waals surface area contributed by atoms with Gasteiger partial charge in [-0.3, -0.25) is 4.79 Å². The van der Waals surface area contributed by atoms with Crippen LogP contribution in [0.4, 0.5) is 4.79 Å². The van der Waals surface area contributed by atoms with Crippen LogP contribution in [-0.4, -0.2) is 60.6 Å². The number of para-hydroxylation sites is 1. The van der Waals surface area contributed by atoms with Crippen molar-refractivity contribution in [3.05, 3.63) is 30.3 Å². The molecular formula is C19H29N3O3. The van der Waals surface area contributed by atoms with Gasteiger partial charge in [-0.15, -0.1) is 0 Å². The molecule has 1 aliphatic rings. The lowest BCUT2D eigenvalue weighted by atomic mass is 10.0. The molecule has 138 valence electrons. The van der Waals surface area contributed by atoms with Gasteiger partial charge in [0.05, 0.1) is 13.0 Å². The summed E-state index contributed by atoms with van der Waals surface area (Å²) in [4.78, 5) is 28.0. The molecule has 3 amide bonds. The zero-order chi connectivity index (χ0) is 18.1. The first-order valence-corrected chi connectivity index (χ1v) is 9.15. The molecule has 1 aromatic rings. The van der Waals surface area contributed by atoms with Gasteiger partial charge in [0.1, 0.15) is 5.75 Å². The average Bonchev–Trinajstić information content (AvgIpc) is 2.64. The quantitative estimate of drug-likeness (QED) is 0.824. The van der Waals surface area contributed by atoms with Gasteiger partial charge in [0, 0.05) is 32.2 Å². The maximum Gasteiger partial charge on any atom is 0.317 e. The zero-order valence-corrected chi connectivity index (χ0v) is 15.2. The van der Waals surface area contributed by atoms with Gasteiger partial charge >= 0.3 is 6.03 Å². The lowest BCUT2D eigenvalue weighted by Crippen LogP contribution is -2.50. The van der Waals surface area contributed by atoms with Gasteiger partial charge < -0.3 is 19.9 Å². The maximum atomic E-state index is 12.3. The number of nitrogens with one attached hydrogen (secondary N) is 1. The van der Waals surface area contributed by atoms with E-state index in [9.17, 15) is 9.59 Å². The molecule has 0 saturated carbocycles. The number of urea groups is 1. The lowest BCUT2D eigenvalue weighted by molar-refractivity contribution is -0.132. The molecule has 0 radical (unpaired) electrons. The third kappa shape index (κ3) is 5.96. The SMILES string of the molecule is CCN(CC)C(=O)NC1CCN(C(=O)CCOc2ccccc2)CC1. The topological polar surface area (TPSA) is 61.9 Å². The van der Waals surface area contributed by atoms with E-state index in [1.165, 1.54) is 0 Å². The second kappa shape index (κ2) is 9.91. The van der Waals surface area contributed by atoms with Crippen LogP contribution >= 0.6 is 0 Å². The first kappa shape index (κ1) is 19.1. The molecule has 2 rings (SSSR count). The third-order valence-corrected chi connectivity index (χ3v) is 4.55. The van der Waals surface area contributed by atoms with Gasteiger partial charge in [-0.2, -0.15) is 0 Å². The third-order valence-electron chi connectivity index (χ3n) is 4.55. The second-order valence-corrected chi connectivity index (χ2v) is 6.19. The van der Waals surface area contributed by atoms with E-state index in [1.807, 2.05) is 49.1 Å². The molecule has 25 heavy (non-hydrogen) atoms. The second-order valence-electron chi connectivity index (χ2n) is 6.19. The minimum absolute atomic E-state index is 0.00830. The molecule has 1 N–H and O–H groups in total.